The molecule has 0 fully saturated rings. The van der Waals surface area contributed by atoms with Crippen LogP contribution in [0.2, 0.25) is 0 Å². The van der Waals surface area contributed by atoms with Crippen molar-refractivity contribution < 1.29 is 30.0 Å². The second kappa shape index (κ2) is 17.7. The number of pyridine rings is 1. The van der Waals surface area contributed by atoms with Crippen LogP contribution >= 0.6 is 0 Å². The normalized spacial score (nSPS) is 12.9. The Morgan fingerprint density at radius 1 is 0.788 bits per heavy atom. The minimum Gasteiger partial charge on any atom is -0.512 e. The summed E-state index contributed by atoms with van der Waals surface area (Å²) >= 11 is 0.254. The maximum atomic E-state index is 12.3. The number of hydrogen-bond acceptors (Lipinski definition) is 3. The summed E-state index contributed by atoms with van der Waals surface area (Å²) in [6, 6.07) is 23.9. The van der Waals surface area contributed by atoms with E-state index in [0.29, 0.717) is 29.1 Å². The summed E-state index contributed by atoms with van der Waals surface area (Å²) in [6.07, 6.45) is 4.56. The number of benzene rings is 3. The van der Waals surface area contributed by atoms with Gasteiger partial charge in [-0.25, -0.2) is 0 Å². The quantitative estimate of drug-likeness (QED) is 0.0693. The van der Waals surface area contributed by atoms with E-state index in [0.717, 1.165) is 17.7 Å². The molecule has 1 radical (unpaired) electrons. The molecule has 52 heavy (non-hydrogen) atoms. The number of aromatic nitrogens is 1. The summed E-state index contributed by atoms with van der Waals surface area (Å²) in [5.41, 5.74) is 5.37. The Morgan fingerprint density at radius 3 is 1.94 bits per heavy atom. The number of aliphatic hydroxyl groups is 1. The molecule has 5 rings (SSSR count). The average molecular weight is 944 g/mol. The molecule has 2 aromatic heterocycles. The van der Waals surface area contributed by atoms with Crippen molar-refractivity contribution in [3.8, 4) is 11.3 Å². The largest absolute Gasteiger partial charge is 0.512 e. The van der Waals surface area contributed by atoms with Gasteiger partial charge in [-0.1, -0.05) is 55.4 Å². The van der Waals surface area contributed by atoms with Crippen LogP contribution in [-0.2, 0) is 36.7 Å². The molecule has 5 heteroatoms. The van der Waals surface area contributed by atoms with Crippen molar-refractivity contribution in [2.24, 2.45) is 40.9 Å². The maximum absolute atomic E-state index is 12.3. The first-order valence-electron chi connectivity index (χ1n) is 18.9. The molecule has 3 aromatic carbocycles. The molecule has 0 aliphatic heterocycles. The number of fused-ring (bicyclic) bond motifs is 4. The van der Waals surface area contributed by atoms with Gasteiger partial charge in [-0.3, -0.25) is 4.79 Å². The van der Waals surface area contributed by atoms with Crippen LogP contribution in [0, 0.1) is 47.0 Å². The van der Waals surface area contributed by atoms with E-state index in [-0.39, 0.29) is 63.4 Å². The molecule has 0 unspecified atom stereocenters. The number of ketones is 1. The fourth-order valence-electron chi connectivity index (χ4n) is 7.86. The number of carbonyl (C=O) groups excluding carboxylic acids is 1. The second-order valence-electron chi connectivity index (χ2n) is 18.1. The summed E-state index contributed by atoms with van der Waals surface area (Å²) < 4.78 is 2.88. The van der Waals surface area contributed by atoms with Crippen LogP contribution in [0.15, 0.2) is 72.6 Å². The van der Waals surface area contributed by atoms with E-state index >= 15 is 0 Å². The Balaban J connectivity index is 0.000000317. The maximum Gasteiger partial charge on any atom is 0.162 e. The predicted octanol–water partition coefficient (Wildman–Crippen LogP) is 12.8. The Morgan fingerprint density at radius 2 is 1.38 bits per heavy atom. The molecule has 0 atom stereocenters. The van der Waals surface area contributed by atoms with Crippen LogP contribution in [0.5, 0.6) is 0 Å². The van der Waals surface area contributed by atoms with Crippen LogP contribution < -0.4 is 0 Å². The average Bonchev–Trinajstić information content (AvgIpc) is 3.36. The number of aliphatic hydroxyl groups excluding tert-OH is 1. The Hall–Kier alpha value is -2.55. The van der Waals surface area contributed by atoms with Crippen molar-refractivity contribution in [2.75, 3.05) is 0 Å². The summed E-state index contributed by atoms with van der Waals surface area (Å²) in [5, 5.41) is 15.5. The van der Waals surface area contributed by atoms with E-state index in [1.807, 2.05) is 6.20 Å². The van der Waals surface area contributed by atoms with E-state index in [9.17, 15) is 9.90 Å². The second-order valence-corrected chi connectivity index (χ2v) is 20.3. The SMILES string of the molecule is CC(C)(C)Cc1ccc2c(c1)[se]c1c(-c3[c-]c4ccccc4c(C(C)(C)C)c3)nccc12.CC(C)C(C(=O)/C=C(\O)C(C(C)C)C(C)C)C(C)C.[Ir]. The van der Waals surface area contributed by atoms with Crippen molar-refractivity contribution in [1.29, 1.82) is 0 Å². The summed E-state index contributed by atoms with van der Waals surface area (Å²) in [4.78, 5) is 17.2. The number of allylic oxidation sites excluding steroid dienone is 2. The molecule has 5 aromatic rings. The molecule has 2 heterocycles. The van der Waals surface area contributed by atoms with E-state index in [1.165, 1.54) is 47.3 Å². The zero-order chi connectivity index (χ0) is 38.0. The molecular formula is C47H62IrNO2Se-. The number of carbonyl (C=O) groups is 1. The van der Waals surface area contributed by atoms with Gasteiger partial charge in [0.2, 0.25) is 0 Å². The predicted molar refractivity (Wildman–Crippen MR) is 222 cm³/mol. The van der Waals surface area contributed by atoms with Gasteiger partial charge >= 0.3 is 198 Å². The van der Waals surface area contributed by atoms with E-state index in [2.05, 4.69) is 158 Å². The molecule has 0 aliphatic carbocycles. The Bertz CT molecular complexity index is 1990. The van der Waals surface area contributed by atoms with E-state index in [1.54, 1.807) is 0 Å². The number of rotatable bonds is 9. The molecule has 0 spiro atoms. The van der Waals surface area contributed by atoms with Gasteiger partial charge in [0, 0.05) is 38.0 Å². The van der Waals surface area contributed by atoms with Crippen molar-refractivity contribution in [2.45, 2.75) is 109 Å². The summed E-state index contributed by atoms with van der Waals surface area (Å²) in [5.74, 6) is 1.63. The zero-order valence-electron chi connectivity index (χ0n) is 34.1. The Kier molecular flexibility index (Phi) is 14.9. The minimum atomic E-state index is -0.0119. The monoisotopic (exact) mass is 945 g/mol. The standard InChI is InChI=1S/C30H30NSe.C17H32O2.Ir/c1-29(2,3)18-19-11-12-23-24-13-14-31-27(28(24)32-26(23)15-19)21-16-20-9-7-8-10-22(20)25(17-21)30(4,5)6;1-10(2)16(11(3)4)14(18)9-15(19)17(12(5)6)13(7)8;/h7-15,17H,18H2,1-6H3;9-13,16-18H,1-8H3;/q-1;;/b;14-9-;. The molecule has 0 saturated heterocycles. The third-order valence-electron chi connectivity index (χ3n) is 9.86. The van der Waals surface area contributed by atoms with Crippen LogP contribution in [0.4, 0.5) is 0 Å². The zero-order valence-corrected chi connectivity index (χ0v) is 38.2. The number of nitrogens with zero attached hydrogens (tertiary/aromatic N) is 1. The first-order chi connectivity index (χ1) is 23.7. The van der Waals surface area contributed by atoms with Crippen LogP contribution in [0.25, 0.3) is 41.3 Å². The third kappa shape index (κ3) is 10.6. The fraction of sp³-hybridized carbons (Fsp3) is 0.489. The van der Waals surface area contributed by atoms with Crippen LogP contribution in [0.1, 0.15) is 108 Å². The first kappa shape index (κ1) is 43.9. The van der Waals surface area contributed by atoms with Gasteiger partial charge in [-0.2, -0.15) is 0 Å². The van der Waals surface area contributed by atoms with Crippen LogP contribution in [0.3, 0.4) is 0 Å². The van der Waals surface area contributed by atoms with Crippen molar-refractivity contribution in [3.63, 3.8) is 0 Å². The molecule has 0 saturated carbocycles. The van der Waals surface area contributed by atoms with E-state index < -0.39 is 0 Å². The van der Waals surface area contributed by atoms with Crippen molar-refractivity contribution >= 4 is 50.4 Å². The van der Waals surface area contributed by atoms with Gasteiger partial charge in [0.15, 0.2) is 5.78 Å². The van der Waals surface area contributed by atoms with Gasteiger partial charge in [0.25, 0.3) is 0 Å². The summed E-state index contributed by atoms with van der Waals surface area (Å²) in [7, 11) is 0. The minimum absolute atomic E-state index is 0. The number of hydrogen-bond donors (Lipinski definition) is 1. The fourth-order valence-corrected chi connectivity index (χ4v) is 10.5. The van der Waals surface area contributed by atoms with Gasteiger partial charge in [0.05, 0.1) is 5.76 Å². The molecular weight excluding hydrogens is 882 g/mol. The smallest absolute Gasteiger partial charge is 0.162 e. The molecule has 0 bridgehead atoms. The molecule has 0 aliphatic rings. The van der Waals surface area contributed by atoms with Gasteiger partial charge in [-0.05, 0) is 23.7 Å². The summed E-state index contributed by atoms with van der Waals surface area (Å²) in [6.45, 7) is 30.4. The van der Waals surface area contributed by atoms with E-state index in [4.69, 9.17) is 4.98 Å². The van der Waals surface area contributed by atoms with Crippen molar-refractivity contribution in [1.82, 2.24) is 4.98 Å². The molecule has 3 nitrogen and oxygen atoms in total. The first-order valence-corrected chi connectivity index (χ1v) is 20.6. The van der Waals surface area contributed by atoms with Crippen LogP contribution in [-0.4, -0.2) is 30.4 Å². The van der Waals surface area contributed by atoms with Gasteiger partial charge in [-0.15, -0.1) is 0 Å². The molecule has 0 amide bonds. The third-order valence-corrected chi connectivity index (χ3v) is 12.3. The topological polar surface area (TPSA) is 50.2 Å². The van der Waals surface area contributed by atoms with Crippen molar-refractivity contribution in [3.05, 3.63) is 89.8 Å². The molecule has 283 valence electrons. The van der Waals surface area contributed by atoms with Gasteiger partial charge in [0.1, 0.15) is 0 Å². The Labute approximate surface area is 334 Å². The molecule has 1 N–H and O–H groups in total. The van der Waals surface area contributed by atoms with Gasteiger partial charge < -0.3 is 5.11 Å².